The van der Waals surface area contributed by atoms with Gasteiger partial charge in [0.2, 0.25) is 5.89 Å². The molecule has 210 valence electrons. The molecule has 0 saturated heterocycles. The van der Waals surface area contributed by atoms with E-state index >= 15 is 0 Å². The molecule has 44 heavy (non-hydrogen) atoms. The number of para-hydroxylation sites is 2. The Kier molecular flexibility index (Phi) is 7.42. The molecule has 7 rings (SSSR count). The third-order valence-electron chi connectivity index (χ3n) is 7.32. The Balaban J connectivity index is 1.39. The number of hydrogen-bond donors (Lipinski definition) is 0. The maximum Gasteiger partial charge on any atom is 0.227 e. The van der Waals surface area contributed by atoms with Crippen LogP contribution in [0.4, 0.5) is 0 Å². The maximum atomic E-state index is 6.06. The van der Waals surface area contributed by atoms with Gasteiger partial charge in [0, 0.05) is 22.3 Å². The first-order chi connectivity index (χ1) is 21.8. The average molecular weight is 569 g/mol. The van der Waals surface area contributed by atoms with Gasteiger partial charge in [0.05, 0.1) is 0 Å². The zero-order chi connectivity index (χ0) is 29.7. The second-order valence-electron chi connectivity index (χ2n) is 10.3. The standard InChI is InChI=1S/C39H28N4O/c1-2-14-31(39-40-33-23-11-12-24-34(33)44-39)21-13-20-28-26-25-27-15-9-10-22-32(27)35(28)38-42-36(29-16-5-3-6-17-29)41-37(43-38)30-18-7-4-8-19-30/h2-26H,1H3/b14-2-,20-13+,31-21+. The number of rotatable bonds is 7. The summed E-state index contributed by atoms with van der Waals surface area (Å²) in [5, 5.41) is 2.18. The first-order valence-corrected chi connectivity index (χ1v) is 14.5. The summed E-state index contributed by atoms with van der Waals surface area (Å²) in [6, 6.07) is 40.5. The first-order valence-electron chi connectivity index (χ1n) is 14.5. The molecule has 0 aliphatic heterocycles. The molecule has 0 aliphatic rings. The molecule has 2 heterocycles. The quantitative estimate of drug-likeness (QED) is 0.179. The van der Waals surface area contributed by atoms with Crippen molar-refractivity contribution < 1.29 is 4.42 Å². The van der Waals surface area contributed by atoms with Gasteiger partial charge in [-0.05, 0) is 41.5 Å². The second-order valence-corrected chi connectivity index (χ2v) is 10.3. The van der Waals surface area contributed by atoms with Gasteiger partial charge in [-0.3, -0.25) is 0 Å². The predicted molar refractivity (Wildman–Crippen MR) is 179 cm³/mol. The van der Waals surface area contributed by atoms with Crippen molar-refractivity contribution >= 4 is 33.5 Å². The Hall–Kier alpha value is -5.94. The summed E-state index contributed by atoms with van der Waals surface area (Å²) >= 11 is 0. The summed E-state index contributed by atoms with van der Waals surface area (Å²) in [6.45, 7) is 1.98. The van der Waals surface area contributed by atoms with Gasteiger partial charge >= 0.3 is 0 Å². The summed E-state index contributed by atoms with van der Waals surface area (Å²) in [5.41, 5.74) is 6.26. The van der Waals surface area contributed by atoms with E-state index in [4.69, 9.17) is 24.4 Å². The lowest BCUT2D eigenvalue weighted by atomic mass is 9.97. The first kappa shape index (κ1) is 26.9. The predicted octanol–water partition coefficient (Wildman–Crippen LogP) is 9.84. The van der Waals surface area contributed by atoms with Gasteiger partial charge in [-0.2, -0.15) is 0 Å². The second kappa shape index (κ2) is 12.1. The lowest BCUT2D eigenvalue weighted by Crippen LogP contribution is -2.01. The van der Waals surface area contributed by atoms with E-state index in [1.165, 1.54) is 0 Å². The van der Waals surface area contributed by atoms with Gasteiger partial charge in [-0.25, -0.2) is 19.9 Å². The van der Waals surface area contributed by atoms with E-state index < -0.39 is 0 Å². The van der Waals surface area contributed by atoms with Crippen molar-refractivity contribution in [2.75, 3.05) is 0 Å². The van der Waals surface area contributed by atoms with Gasteiger partial charge in [-0.1, -0.05) is 133 Å². The molecule has 5 aromatic carbocycles. The molecule has 0 atom stereocenters. The molecule has 0 unspecified atom stereocenters. The number of oxazole rings is 1. The van der Waals surface area contributed by atoms with Crippen LogP contribution >= 0.6 is 0 Å². The molecule has 5 nitrogen and oxygen atoms in total. The molecule has 0 fully saturated rings. The minimum Gasteiger partial charge on any atom is -0.436 e. The summed E-state index contributed by atoms with van der Waals surface area (Å²) < 4.78 is 6.06. The van der Waals surface area contributed by atoms with E-state index in [1.54, 1.807) is 0 Å². The monoisotopic (exact) mass is 568 g/mol. The number of nitrogens with zero attached hydrogens (tertiary/aromatic N) is 4. The van der Waals surface area contributed by atoms with Crippen LogP contribution in [-0.4, -0.2) is 19.9 Å². The third-order valence-corrected chi connectivity index (χ3v) is 7.32. The van der Waals surface area contributed by atoms with Crippen molar-refractivity contribution in [3.05, 3.63) is 157 Å². The highest BCUT2D eigenvalue weighted by Gasteiger charge is 2.16. The molecule has 5 heteroatoms. The molecule has 0 radical (unpaired) electrons. The summed E-state index contributed by atoms with van der Waals surface area (Å²) in [7, 11) is 0. The molecular formula is C39H28N4O. The minimum absolute atomic E-state index is 0.574. The topological polar surface area (TPSA) is 64.7 Å². The maximum absolute atomic E-state index is 6.06. The number of benzene rings is 5. The third kappa shape index (κ3) is 5.46. The van der Waals surface area contributed by atoms with Crippen LogP contribution in [-0.2, 0) is 0 Å². The highest BCUT2D eigenvalue weighted by Crippen LogP contribution is 2.33. The lowest BCUT2D eigenvalue weighted by molar-refractivity contribution is 0.586. The average Bonchev–Trinajstić information content (AvgIpc) is 3.53. The molecule has 0 amide bonds. The molecule has 0 saturated carbocycles. The fourth-order valence-electron chi connectivity index (χ4n) is 5.23. The zero-order valence-corrected chi connectivity index (χ0v) is 24.1. The number of aromatic nitrogens is 4. The van der Waals surface area contributed by atoms with Gasteiger partial charge in [0.1, 0.15) is 5.52 Å². The van der Waals surface area contributed by atoms with Crippen molar-refractivity contribution in [1.29, 1.82) is 0 Å². The molecule has 0 aliphatic carbocycles. The molecule has 0 spiro atoms. The van der Waals surface area contributed by atoms with Crippen LogP contribution in [0.1, 0.15) is 18.4 Å². The van der Waals surface area contributed by atoms with E-state index in [0.29, 0.717) is 23.4 Å². The van der Waals surface area contributed by atoms with E-state index in [0.717, 1.165) is 49.7 Å². The highest BCUT2D eigenvalue weighted by molar-refractivity contribution is 5.99. The Morgan fingerprint density at radius 2 is 1.25 bits per heavy atom. The Morgan fingerprint density at radius 3 is 1.95 bits per heavy atom. The lowest BCUT2D eigenvalue weighted by Gasteiger charge is -2.13. The molecular weight excluding hydrogens is 540 g/mol. The Morgan fingerprint density at radius 1 is 0.614 bits per heavy atom. The number of fused-ring (bicyclic) bond motifs is 2. The summed E-state index contributed by atoms with van der Waals surface area (Å²) in [5.74, 6) is 2.45. The fraction of sp³-hybridized carbons (Fsp3) is 0.0256. The molecule has 7 aromatic rings. The summed E-state index contributed by atoms with van der Waals surface area (Å²) in [6.07, 6.45) is 10.1. The Labute approximate surface area is 255 Å². The summed E-state index contributed by atoms with van der Waals surface area (Å²) in [4.78, 5) is 19.7. The number of hydrogen-bond acceptors (Lipinski definition) is 5. The normalized spacial score (nSPS) is 12.2. The van der Waals surface area contributed by atoms with Crippen LogP contribution in [0.25, 0.3) is 67.7 Å². The van der Waals surface area contributed by atoms with Crippen LogP contribution in [0.5, 0.6) is 0 Å². The van der Waals surface area contributed by atoms with Crippen LogP contribution in [0.2, 0.25) is 0 Å². The van der Waals surface area contributed by atoms with Crippen molar-refractivity contribution in [3.8, 4) is 34.2 Å². The van der Waals surface area contributed by atoms with E-state index in [1.807, 2.05) is 128 Å². The largest absolute Gasteiger partial charge is 0.436 e. The molecule has 0 N–H and O–H groups in total. The number of allylic oxidation sites excluding steroid dienone is 5. The van der Waals surface area contributed by atoms with Crippen LogP contribution in [0.3, 0.4) is 0 Å². The highest BCUT2D eigenvalue weighted by atomic mass is 16.3. The van der Waals surface area contributed by atoms with E-state index in [2.05, 4.69) is 30.3 Å². The molecule has 2 aromatic heterocycles. The van der Waals surface area contributed by atoms with E-state index in [9.17, 15) is 0 Å². The Bertz CT molecular complexity index is 2090. The fourth-order valence-corrected chi connectivity index (χ4v) is 5.23. The van der Waals surface area contributed by atoms with Gasteiger partial charge in [-0.15, -0.1) is 0 Å². The minimum atomic E-state index is 0.574. The van der Waals surface area contributed by atoms with Crippen molar-refractivity contribution in [2.24, 2.45) is 0 Å². The van der Waals surface area contributed by atoms with Crippen molar-refractivity contribution in [1.82, 2.24) is 19.9 Å². The van der Waals surface area contributed by atoms with Gasteiger partial charge < -0.3 is 4.42 Å². The van der Waals surface area contributed by atoms with Crippen LogP contribution < -0.4 is 0 Å². The van der Waals surface area contributed by atoms with Gasteiger partial charge in [0.15, 0.2) is 23.1 Å². The SMILES string of the molecule is C\C=C/C(=C\C=C\c1ccc2ccccc2c1-c1nc(-c2ccccc2)nc(-c2ccccc2)n1)c1nc2ccccc2o1. The zero-order valence-electron chi connectivity index (χ0n) is 24.1. The van der Waals surface area contributed by atoms with Crippen LogP contribution in [0, 0.1) is 0 Å². The van der Waals surface area contributed by atoms with E-state index in [-0.39, 0.29) is 0 Å². The van der Waals surface area contributed by atoms with Gasteiger partial charge in [0.25, 0.3) is 0 Å². The van der Waals surface area contributed by atoms with Crippen molar-refractivity contribution in [3.63, 3.8) is 0 Å². The van der Waals surface area contributed by atoms with Crippen LogP contribution in [0.15, 0.2) is 150 Å². The van der Waals surface area contributed by atoms with Crippen molar-refractivity contribution in [2.45, 2.75) is 6.92 Å². The smallest absolute Gasteiger partial charge is 0.227 e. The molecule has 0 bridgehead atoms.